The van der Waals surface area contributed by atoms with E-state index in [-0.39, 0.29) is 0 Å². The van der Waals surface area contributed by atoms with Crippen molar-refractivity contribution in [2.45, 2.75) is 38.1 Å². The van der Waals surface area contributed by atoms with Gasteiger partial charge in [-0.1, -0.05) is 35.0 Å². The van der Waals surface area contributed by atoms with Crippen LogP contribution in [0.4, 0.5) is 0 Å². The Bertz CT molecular complexity index is 578. The maximum Gasteiger partial charge on any atom is 0.223 e. The Hall–Kier alpha value is -1.39. The summed E-state index contributed by atoms with van der Waals surface area (Å²) in [6.45, 7) is 2.70. The standard InChI is InChI=1S/C15H18ClN3O/c1-10-18-15(19-20-10)6-7-17-12-8-11(9-12)13-4-2-3-5-14(13)16/h2-5,11-12,17H,6-9H2,1H3. The summed E-state index contributed by atoms with van der Waals surface area (Å²) in [4.78, 5) is 4.19. The fraction of sp³-hybridized carbons (Fsp3) is 0.467. The van der Waals surface area contributed by atoms with Crippen LogP contribution in [-0.2, 0) is 6.42 Å². The number of hydrogen-bond donors (Lipinski definition) is 1. The molecule has 1 heterocycles. The lowest BCUT2D eigenvalue weighted by Crippen LogP contribution is -2.41. The molecular formula is C15H18ClN3O. The van der Waals surface area contributed by atoms with Crippen molar-refractivity contribution in [1.29, 1.82) is 0 Å². The smallest absolute Gasteiger partial charge is 0.223 e. The van der Waals surface area contributed by atoms with Gasteiger partial charge >= 0.3 is 0 Å². The van der Waals surface area contributed by atoms with Crippen molar-refractivity contribution in [2.75, 3.05) is 6.54 Å². The van der Waals surface area contributed by atoms with E-state index < -0.39 is 0 Å². The van der Waals surface area contributed by atoms with E-state index in [0.717, 1.165) is 36.7 Å². The van der Waals surface area contributed by atoms with Gasteiger partial charge in [0.15, 0.2) is 5.82 Å². The molecule has 2 aromatic rings. The zero-order valence-electron chi connectivity index (χ0n) is 11.5. The van der Waals surface area contributed by atoms with Crippen LogP contribution in [0.5, 0.6) is 0 Å². The van der Waals surface area contributed by atoms with Crippen LogP contribution in [0.25, 0.3) is 0 Å². The van der Waals surface area contributed by atoms with Crippen LogP contribution in [0.1, 0.15) is 36.0 Å². The van der Waals surface area contributed by atoms with Gasteiger partial charge in [-0.15, -0.1) is 0 Å². The van der Waals surface area contributed by atoms with Gasteiger partial charge in [0.1, 0.15) is 0 Å². The Labute approximate surface area is 123 Å². The van der Waals surface area contributed by atoms with Crippen molar-refractivity contribution in [3.63, 3.8) is 0 Å². The van der Waals surface area contributed by atoms with Gasteiger partial charge in [0.05, 0.1) is 0 Å². The minimum absolute atomic E-state index is 0.573. The molecule has 20 heavy (non-hydrogen) atoms. The topological polar surface area (TPSA) is 51.0 Å². The van der Waals surface area contributed by atoms with Gasteiger partial charge < -0.3 is 9.84 Å². The first-order chi connectivity index (χ1) is 9.72. The van der Waals surface area contributed by atoms with Crippen LogP contribution in [0.3, 0.4) is 0 Å². The molecule has 1 aliphatic carbocycles. The zero-order chi connectivity index (χ0) is 13.9. The molecule has 0 amide bonds. The van der Waals surface area contributed by atoms with E-state index in [2.05, 4.69) is 27.6 Å². The van der Waals surface area contributed by atoms with E-state index in [4.69, 9.17) is 16.1 Å². The number of hydrogen-bond acceptors (Lipinski definition) is 4. The van der Waals surface area contributed by atoms with E-state index in [1.54, 1.807) is 0 Å². The lowest BCUT2D eigenvalue weighted by Gasteiger charge is -2.36. The normalized spacial score (nSPS) is 21.7. The summed E-state index contributed by atoms with van der Waals surface area (Å²) in [5.74, 6) is 1.99. The van der Waals surface area contributed by atoms with E-state index in [1.807, 2.05) is 19.1 Å². The molecule has 1 N–H and O–H groups in total. The van der Waals surface area contributed by atoms with Crippen LogP contribution < -0.4 is 5.32 Å². The highest BCUT2D eigenvalue weighted by atomic mass is 35.5. The Balaban J connectivity index is 1.41. The number of aromatic nitrogens is 2. The third kappa shape index (κ3) is 3.02. The predicted octanol–water partition coefficient (Wildman–Crippen LogP) is 3.11. The molecule has 0 radical (unpaired) electrons. The van der Waals surface area contributed by atoms with Crippen molar-refractivity contribution < 1.29 is 4.52 Å². The molecule has 0 spiro atoms. The lowest BCUT2D eigenvalue weighted by atomic mass is 9.76. The van der Waals surface area contributed by atoms with Crippen LogP contribution in [0.2, 0.25) is 5.02 Å². The highest BCUT2D eigenvalue weighted by Crippen LogP contribution is 2.39. The van der Waals surface area contributed by atoms with E-state index in [9.17, 15) is 0 Å². The third-order valence-corrected chi connectivity index (χ3v) is 4.18. The molecule has 5 heteroatoms. The van der Waals surface area contributed by atoms with Crippen LogP contribution >= 0.6 is 11.6 Å². The van der Waals surface area contributed by atoms with Gasteiger partial charge in [-0.2, -0.15) is 4.98 Å². The average molecular weight is 292 g/mol. The molecule has 1 saturated carbocycles. The summed E-state index contributed by atoms with van der Waals surface area (Å²) in [5, 5.41) is 8.31. The minimum Gasteiger partial charge on any atom is -0.340 e. The molecule has 1 aromatic heterocycles. The molecule has 1 aliphatic rings. The van der Waals surface area contributed by atoms with Gasteiger partial charge in [0.25, 0.3) is 0 Å². The summed E-state index contributed by atoms with van der Waals surface area (Å²) in [6.07, 6.45) is 3.11. The summed E-state index contributed by atoms with van der Waals surface area (Å²) in [6, 6.07) is 8.71. The molecule has 1 fully saturated rings. The summed E-state index contributed by atoms with van der Waals surface area (Å²) in [5.41, 5.74) is 1.28. The molecule has 0 bridgehead atoms. The van der Waals surface area contributed by atoms with Crippen molar-refractivity contribution in [2.24, 2.45) is 0 Å². The quantitative estimate of drug-likeness (QED) is 0.919. The van der Waals surface area contributed by atoms with Gasteiger partial charge in [0, 0.05) is 31.0 Å². The monoisotopic (exact) mass is 291 g/mol. The number of rotatable bonds is 5. The van der Waals surface area contributed by atoms with Gasteiger partial charge in [0.2, 0.25) is 5.89 Å². The van der Waals surface area contributed by atoms with Crippen LogP contribution in [0.15, 0.2) is 28.8 Å². The number of halogens is 1. The van der Waals surface area contributed by atoms with E-state index in [1.165, 1.54) is 5.56 Å². The van der Waals surface area contributed by atoms with Crippen LogP contribution in [-0.4, -0.2) is 22.7 Å². The molecule has 0 atom stereocenters. The number of benzene rings is 1. The SMILES string of the molecule is Cc1nc(CCNC2CC(c3ccccc3Cl)C2)no1. The second-order valence-corrected chi connectivity index (χ2v) is 5.73. The minimum atomic E-state index is 0.573. The molecule has 3 rings (SSSR count). The van der Waals surface area contributed by atoms with E-state index >= 15 is 0 Å². The maximum absolute atomic E-state index is 6.22. The largest absolute Gasteiger partial charge is 0.340 e. The molecule has 0 unspecified atom stereocenters. The molecule has 0 saturated heterocycles. The second kappa shape index (κ2) is 5.94. The van der Waals surface area contributed by atoms with Crippen molar-refractivity contribution >= 4 is 11.6 Å². The van der Waals surface area contributed by atoms with Crippen molar-refractivity contribution in [3.05, 3.63) is 46.6 Å². The summed E-state index contributed by atoms with van der Waals surface area (Å²) in [7, 11) is 0. The first-order valence-electron chi connectivity index (χ1n) is 6.99. The summed E-state index contributed by atoms with van der Waals surface area (Å²) < 4.78 is 4.95. The molecule has 4 nitrogen and oxygen atoms in total. The summed E-state index contributed by atoms with van der Waals surface area (Å²) >= 11 is 6.22. The molecule has 1 aromatic carbocycles. The number of aryl methyl sites for hydroxylation is 1. The third-order valence-electron chi connectivity index (χ3n) is 3.83. The fourth-order valence-electron chi connectivity index (χ4n) is 2.68. The maximum atomic E-state index is 6.22. The van der Waals surface area contributed by atoms with Gasteiger partial charge in [-0.25, -0.2) is 0 Å². The first-order valence-corrected chi connectivity index (χ1v) is 7.37. The Kier molecular flexibility index (Phi) is 4.03. The Morgan fingerprint density at radius 1 is 1.35 bits per heavy atom. The lowest BCUT2D eigenvalue weighted by molar-refractivity contribution is 0.291. The molecular weight excluding hydrogens is 274 g/mol. The van der Waals surface area contributed by atoms with Gasteiger partial charge in [-0.05, 0) is 30.4 Å². The zero-order valence-corrected chi connectivity index (χ0v) is 12.2. The highest BCUT2D eigenvalue weighted by Gasteiger charge is 2.30. The fourth-order valence-corrected chi connectivity index (χ4v) is 2.97. The number of nitrogens with zero attached hydrogens (tertiary/aromatic N) is 2. The van der Waals surface area contributed by atoms with Crippen molar-refractivity contribution in [3.8, 4) is 0 Å². The Morgan fingerprint density at radius 2 is 2.15 bits per heavy atom. The van der Waals surface area contributed by atoms with E-state index in [0.29, 0.717) is 17.9 Å². The first kappa shape index (κ1) is 13.6. The van der Waals surface area contributed by atoms with Crippen molar-refractivity contribution in [1.82, 2.24) is 15.5 Å². The number of nitrogens with one attached hydrogen (secondary N) is 1. The average Bonchev–Trinajstić information content (AvgIpc) is 2.79. The Morgan fingerprint density at radius 3 is 2.85 bits per heavy atom. The molecule has 106 valence electrons. The second-order valence-electron chi connectivity index (χ2n) is 5.32. The van der Waals surface area contributed by atoms with Gasteiger partial charge in [-0.3, -0.25) is 0 Å². The molecule has 0 aliphatic heterocycles. The predicted molar refractivity (Wildman–Crippen MR) is 78.0 cm³/mol. The highest BCUT2D eigenvalue weighted by molar-refractivity contribution is 6.31. The van der Waals surface area contributed by atoms with Crippen LogP contribution in [0, 0.1) is 6.92 Å².